The van der Waals surface area contributed by atoms with Crippen molar-refractivity contribution in [3.63, 3.8) is 0 Å². The number of morpholine rings is 1. The fourth-order valence-electron chi connectivity index (χ4n) is 2.86. The first-order chi connectivity index (χ1) is 10.6. The average Bonchev–Trinajstić information content (AvgIpc) is 2.52. The molecule has 1 aromatic carbocycles. The van der Waals surface area contributed by atoms with E-state index >= 15 is 0 Å². The van der Waals surface area contributed by atoms with Gasteiger partial charge in [-0.2, -0.15) is 0 Å². The second-order valence-corrected chi connectivity index (χ2v) is 5.63. The summed E-state index contributed by atoms with van der Waals surface area (Å²) in [5.74, 6) is -0.978. The molecule has 2 atom stereocenters. The van der Waals surface area contributed by atoms with E-state index in [9.17, 15) is 9.59 Å². The van der Waals surface area contributed by atoms with Crippen molar-refractivity contribution in [1.82, 2.24) is 4.90 Å². The standard InChI is InChI=1S/C17H23NO4/c1-2-6-15(13-7-4-3-5-8-13)17(21)18-9-10-22-14(12-18)11-16(19)20/h3-5,7-8,14-15H,2,6,9-12H2,1H3,(H,19,20). The highest BCUT2D eigenvalue weighted by atomic mass is 16.5. The molecule has 0 bridgehead atoms. The number of ether oxygens (including phenoxy) is 1. The first-order valence-electron chi connectivity index (χ1n) is 7.79. The minimum Gasteiger partial charge on any atom is -0.481 e. The quantitative estimate of drug-likeness (QED) is 0.875. The third-order valence-corrected chi connectivity index (χ3v) is 3.93. The van der Waals surface area contributed by atoms with Crippen LogP contribution in [0.2, 0.25) is 0 Å². The van der Waals surface area contributed by atoms with Gasteiger partial charge in [0.1, 0.15) is 0 Å². The summed E-state index contributed by atoms with van der Waals surface area (Å²) in [5, 5.41) is 8.88. The molecule has 0 spiro atoms. The van der Waals surface area contributed by atoms with Gasteiger partial charge in [-0.1, -0.05) is 43.7 Å². The second kappa shape index (κ2) is 7.94. The molecule has 1 aliphatic rings. The zero-order chi connectivity index (χ0) is 15.9. The summed E-state index contributed by atoms with van der Waals surface area (Å²) < 4.78 is 5.44. The number of nitrogens with zero attached hydrogens (tertiary/aromatic N) is 1. The Morgan fingerprint density at radius 2 is 2.09 bits per heavy atom. The Morgan fingerprint density at radius 3 is 2.73 bits per heavy atom. The van der Waals surface area contributed by atoms with Crippen LogP contribution in [0.5, 0.6) is 0 Å². The number of carboxylic acids is 1. The van der Waals surface area contributed by atoms with E-state index in [2.05, 4.69) is 6.92 Å². The van der Waals surface area contributed by atoms with Crippen LogP contribution in [0.3, 0.4) is 0 Å². The van der Waals surface area contributed by atoms with Crippen molar-refractivity contribution in [2.75, 3.05) is 19.7 Å². The van der Waals surface area contributed by atoms with Crippen LogP contribution in [0, 0.1) is 0 Å². The number of aliphatic carboxylic acids is 1. The molecular formula is C17H23NO4. The predicted molar refractivity (Wildman–Crippen MR) is 82.7 cm³/mol. The number of rotatable bonds is 6. The van der Waals surface area contributed by atoms with Crippen LogP contribution < -0.4 is 0 Å². The molecule has 0 aliphatic carbocycles. The molecule has 5 nitrogen and oxygen atoms in total. The summed E-state index contributed by atoms with van der Waals surface area (Å²) in [5.41, 5.74) is 1.02. The molecule has 0 radical (unpaired) electrons. The first-order valence-corrected chi connectivity index (χ1v) is 7.79. The normalized spacial score (nSPS) is 19.7. The number of hydrogen-bond acceptors (Lipinski definition) is 3. The molecule has 2 unspecified atom stereocenters. The lowest BCUT2D eigenvalue weighted by Crippen LogP contribution is -2.47. The number of carbonyl (C=O) groups excluding carboxylic acids is 1. The Labute approximate surface area is 130 Å². The van der Waals surface area contributed by atoms with Crippen LogP contribution >= 0.6 is 0 Å². The number of hydrogen-bond donors (Lipinski definition) is 1. The van der Waals surface area contributed by atoms with E-state index in [0.29, 0.717) is 19.7 Å². The molecule has 1 N–H and O–H groups in total. The number of carboxylic acid groups (broad SMARTS) is 1. The molecule has 2 rings (SSSR count). The number of benzene rings is 1. The Morgan fingerprint density at radius 1 is 1.36 bits per heavy atom. The number of carbonyl (C=O) groups is 2. The monoisotopic (exact) mass is 305 g/mol. The minimum absolute atomic E-state index is 0.0619. The van der Waals surface area contributed by atoms with Crippen molar-refractivity contribution in [3.05, 3.63) is 35.9 Å². The van der Waals surface area contributed by atoms with Crippen molar-refractivity contribution in [3.8, 4) is 0 Å². The minimum atomic E-state index is -0.896. The molecule has 1 heterocycles. The molecular weight excluding hydrogens is 282 g/mol. The highest BCUT2D eigenvalue weighted by molar-refractivity contribution is 5.84. The molecule has 1 saturated heterocycles. The van der Waals surface area contributed by atoms with Crippen LogP contribution in [-0.2, 0) is 14.3 Å². The van der Waals surface area contributed by atoms with Crippen molar-refractivity contribution < 1.29 is 19.4 Å². The SMILES string of the molecule is CCCC(C(=O)N1CCOC(CC(=O)O)C1)c1ccccc1. The van der Waals surface area contributed by atoms with Gasteiger partial charge in [0.15, 0.2) is 0 Å². The molecule has 120 valence electrons. The largest absolute Gasteiger partial charge is 0.481 e. The third kappa shape index (κ3) is 4.31. The summed E-state index contributed by atoms with van der Waals surface area (Å²) in [4.78, 5) is 25.4. The average molecular weight is 305 g/mol. The van der Waals surface area contributed by atoms with Crippen LogP contribution in [0.15, 0.2) is 30.3 Å². The van der Waals surface area contributed by atoms with Gasteiger partial charge in [-0.25, -0.2) is 0 Å². The maximum Gasteiger partial charge on any atom is 0.306 e. The van der Waals surface area contributed by atoms with E-state index in [1.165, 1.54) is 0 Å². The fourth-order valence-corrected chi connectivity index (χ4v) is 2.86. The van der Waals surface area contributed by atoms with E-state index in [1.807, 2.05) is 30.3 Å². The van der Waals surface area contributed by atoms with Gasteiger partial charge in [-0.15, -0.1) is 0 Å². The van der Waals surface area contributed by atoms with Gasteiger partial charge in [0.25, 0.3) is 0 Å². The maximum absolute atomic E-state index is 12.8. The van der Waals surface area contributed by atoms with Crippen LogP contribution in [0.1, 0.15) is 37.7 Å². The van der Waals surface area contributed by atoms with Crippen LogP contribution in [0.25, 0.3) is 0 Å². The van der Waals surface area contributed by atoms with E-state index in [1.54, 1.807) is 4.90 Å². The van der Waals surface area contributed by atoms with Crippen LogP contribution in [0.4, 0.5) is 0 Å². The van der Waals surface area contributed by atoms with Gasteiger partial charge in [0.05, 0.1) is 25.0 Å². The zero-order valence-corrected chi connectivity index (χ0v) is 12.9. The third-order valence-electron chi connectivity index (χ3n) is 3.93. The topological polar surface area (TPSA) is 66.8 Å². The molecule has 1 amide bonds. The summed E-state index contributed by atoms with van der Waals surface area (Å²) in [6.07, 6.45) is 1.25. The molecule has 1 aromatic rings. The Hall–Kier alpha value is -1.88. The first kappa shape index (κ1) is 16.5. The molecule has 0 aromatic heterocycles. The molecule has 5 heteroatoms. The summed E-state index contributed by atoms with van der Waals surface area (Å²) in [6.45, 7) is 3.35. The lowest BCUT2D eigenvalue weighted by atomic mass is 9.92. The zero-order valence-electron chi connectivity index (χ0n) is 12.9. The van der Waals surface area contributed by atoms with E-state index in [-0.39, 0.29) is 18.2 Å². The Balaban J connectivity index is 2.08. The van der Waals surface area contributed by atoms with Gasteiger partial charge < -0.3 is 14.7 Å². The van der Waals surface area contributed by atoms with E-state index < -0.39 is 12.1 Å². The van der Waals surface area contributed by atoms with Crippen LogP contribution in [-0.4, -0.2) is 47.7 Å². The Kier molecular flexibility index (Phi) is 5.95. The van der Waals surface area contributed by atoms with Crippen molar-refractivity contribution in [1.29, 1.82) is 0 Å². The Bertz CT molecular complexity index is 503. The summed E-state index contributed by atoms with van der Waals surface area (Å²) >= 11 is 0. The predicted octanol–water partition coefficient (Wildman–Crippen LogP) is 2.27. The summed E-state index contributed by atoms with van der Waals surface area (Å²) in [7, 11) is 0. The van der Waals surface area contributed by atoms with E-state index in [4.69, 9.17) is 9.84 Å². The highest BCUT2D eigenvalue weighted by Crippen LogP contribution is 2.25. The number of amides is 1. The smallest absolute Gasteiger partial charge is 0.306 e. The molecule has 1 aliphatic heterocycles. The maximum atomic E-state index is 12.8. The lowest BCUT2D eigenvalue weighted by Gasteiger charge is -2.34. The summed E-state index contributed by atoms with van der Waals surface area (Å²) in [6, 6.07) is 9.78. The molecule has 1 fully saturated rings. The van der Waals surface area contributed by atoms with Crippen molar-refractivity contribution in [2.24, 2.45) is 0 Å². The highest BCUT2D eigenvalue weighted by Gasteiger charge is 2.30. The van der Waals surface area contributed by atoms with Gasteiger partial charge in [-0.05, 0) is 12.0 Å². The second-order valence-electron chi connectivity index (χ2n) is 5.63. The van der Waals surface area contributed by atoms with E-state index in [0.717, 1.165) is 18.4 Å². The van der Waals surface area contributed by atoms with Crippen molar-refractivity contribution >= 4 is 11.9 Å². The lowest BCUT2D eigenvalue weighted by molar-refractivity contribution is -0.148. The van der Waals surface area contributed by atoms with Gasteiger partial charge in [-0.3, -0.25) is 9.59 Å². The molecule has 22 heavy (non-hydrogen) atoms. The fraction of sp³-hybridized carbons (Fsp3) is 0.529. The van der Waals surface area contributed by atoms with Gasteiger partial charge in [0.2, 0.25) is 5.91 Å². The molecule has 0 saturated carbocycles. The van der Waals surface area contributed by atoms with Gasteiger partial charge in [0, 0.05) is 13.1 Å². The van der Waals surface area contributed by atoms with Crippen molar-refractivity contribution in [2.45, 2.75) is 38.2 Å². The van der Waals surface area contributed by atoms with Gasteiger partial charge >= 0.3 is 5.97 Å².